The molecule has 0 amide bonds. The summed E-state index contributed by atoms with van der Waals surface area (Å²) < 4.78 is 4.34. The number of hydrogen-bond acceptors (Lipinski definition) is 5. The van der Waals surface area contributed by atoms with Crippen LogP contribution in [0.25, 0.3) is 0 Å². The van der Waals surface area contributed by atoms with E-state index in [-0.39, 0.29) is 18.9 Å². The quantitative estimate of drug-likeness (QED) is 0.739. The van der Waals surface area contributed by atoms with Crippen molar-refractivity contribution in [3.63, 3.8) is 0 Å². The minimum absolute atomic E-state index is 0.171. The van der Waals surface area contributed by atoms with Gasteiger partial charge >= 0.3 is 5.97 Å². The maximum Gasteiger partial charge on any atom is 0.320 e. The zero-order valence-corrected chi connectivity index (χ0v) is 12.9. The Morgan fingerprint density at radius 3 is 1.67 bits per heavy atom. The molecular formula is C13H32N2O3. The van der Waals surface area contributed by atoms with Crippen LogP contribution in [-0.2, 0) is 14.3 Å². The summed E-state index contributed by atoms with van der Waals surface area (Å²) in [5.41, 5.74) is 10.0. The molecule has 0 unspecified atom stereocenters. The number of ketones is 1. The van der Waals surface area contributed by atoms with Gasteiger partial charge in [0, 0.05) is 0 Å². The van der Waals surface area contributed by atoms with Crippen molar-refractivity contribution in [3.05, 3.63) is 0 Å². The maximum absolute atomic E-state index is 10.2. The fourth-order valence-electron chi connectivity index (χ4n) is 0.445. The third-order valence-corrected chi connectivity index (χ3v) is 1.16. The van der Waals surface area contributed by atoms with Crippen LogP contribution in [0.15, 0.2) is 0 Å². The third-order valence-electron chi connectivity index (χ3n) is 1.16. The van der Waals surface area contributed by atoms with Gasteiger partial charge in [-0.2, -0.15) is 0 Å². The van der Waals surface area contributed by atoms with E-state index in [4.69, 9.17) is 11.5 Å². The smallest absolute Gasteiger partial charge is 0.320 e. The van der Waals surface area contributed by atoms with Crippen LogP contribution in [0, 0.1) is 0 Å². The van der Waals surface area contributed by atoms with E-state index < -0.39 is 5.97 Å². The molecule has 5 heteroatoms. The molecule has 18 heavy (non-hydrogen) atoms. The molecule has 0 saturated heterocycles. The third kappa shape index (κ3) is 45.8. The van der Waals surface area contributed by atoms with E-state index in [1.165, 1.54) is 19.8 Å². The van der Waals surface area contributed by atoms with Crippen molar-refractivity contribution in [3.8, 4) is 0 Å². The van der Waals surface area contributed by atoms with E-state index in [2.05, 4.69) is 11.7 Å². The molecule has 0 saturated carbocycles. The van der Waals surface area contributed by atoms with Crippen molar-refractivity contribution in [2.45, 2.75) is 54.4 Å². The first kappa shape index (κ1) is 25.8. The van der Waals surface area contributed by atoms with Crippen LogP contribution in [0.2, 0.25) is 0 Å². The lowest BCUT2D eigenvalue weighted by atomic mass is 10.3. The molecule has 0 bridgehead atoms. The van der Waals surface area contributed by atoms with E-state index in [0.29, 0.717) is 0 Å². The summed E-state index contributed by atoms with van der Waals surface area (Å²) in [6.07, 6.45) is 2.39. The second kappa shape index (κ2) is 29.8. The van der Waals surface area contributed by atoms with Crippen molar-refractivity contribution < 1.29 is 14.3 Å². The summed E-state index contributed by atoms with van der Waals surface area (Å²) in [6.45, 7) is 12.0. The van der Waals surface area contributed by atoms with Crippen LogP contribution < -0.4 is 11.5 Å². The summed E-state index contributed by atoms with van der Waals surface area (Å²) in [6, 6.07) is 0. The lowest BCUT2D eigenvalue weighted by Crippen LogP contribution is -2.19. The summed E-state index contributed by atoms with van der Waals surface area (Å²) in [5.74, 6) is -0.734. The van der Waals surface area contributed by atoms with Crippen molar-refractivity contribution in [1.29, 1.82) is 0 Å². The molecule has 0 fully saturated rings. The molecule has 0 atom stereocenters. The molecule has 0 heterocycles. The molecule has 0 aliphatic rings. The second-order valence-corrected chi connectivity index (χ2v) is 2.71. The number of esters is 1. The van der Waals surface area contributed by atoms with Crippen LogP contribution >= 0.6 is 0 Å². The summed E-state index contributed by atoms with van der Waals surface area (Å²) >= 11 is 0. The number of Topliss-reactive ketones (excluding diaryl/α,β-unsaturated/α-hetero) is 1. The Labute approximate surface area is 112 Å². The molecule has 0 spiro atoms. The van der Waals surface area contributed by atoms with E-state index in [0.717, 1.165) is 6.54 Å². The molecule has 5 nitrogen and oxygen atoms in total. The number of carbonyl (C=O) groups is 2. The molecule has 0 aromatic heterocycles. The minimum atomic E-state index is -0.551. The second-order valence-electron chi connectivity index (χ2n) is 2.71. The highest BCUT2D eigenvalue weighted by Crippen LogP contribution is 1.77. The van der Waals surface area contributed by atoms with Gasteiger partial charge in [0.25, 0.3) is 0 Å². The Kier molecular flexibility index (Phi) is 42.7. The van der Waals surface area contributed by atoms with Gasteiger partial charge in [0.2, 0.25) is 0 Å². The number of ether oxygens (including phenoxy) is 1. The van der Waals surface area contributed by atoms with Crippen molar-refractivity contribution in [1.82, 2.24) is 0 Å². The Hall–Kier alpha value is -0.940. The van der Waals surface area contributed by atoms with E-state index >= 15 is 0 Å². The van der Waals surface area contributed by atoms with Gasteiger partial charge < -0.3 is 16.2 Å². The van der Waals surface area contributed by atoms with Gasteiger partial charge in [0.05, 0.1) is 6.54 Å². The number of rotatable bonds is 5. The summed E-state index contributed by atoms with van der Waals surface area (Å²) in [4.78, 5) is 20.4. The molecule has 112 valence electrons. The number of carbonyl (C=O) groups excluding carboxylic acids is 2. The van der Waals surface area contributed by atoms with E-state index in [1.54, 1.807) is 0 Å². The van der Waals surface area contributed by atoms with E-state index in [1.807, 2.05) is 27.7 Å². The number of unbranched alkanes of at least 4 members (excludes halogenated alkanes) is 1. The molecule has 0 radical (unpaired) electrons. The molecule has 0 aromatic rings. The first-order valence-electron chi connectivity index (χ1n) is 6.63. The maximum atomic E-state index is 10.2. The van der Waals surface area contributed by atoms with Gasteiger partial charge in [0.1, 0.15) is 6.61 Å². The Balaban J connectivity index is -0.0000000925. The topological polar surface area (TPSA) is 95.4 Å². The predicted octanol–water partition coefficient (Wildman–Crippen LogP) is 1.87. The largest absolute Gasteiger partial charge is 0.457 e. The Morgan fingerprint density at radius 1 is 1.06 bits per heavy atom. The zero-order chi connectivity index (χ0) is 15.4. The van der Waals surface area contributed by atoms with Gasteiger partial charge in [-0.15, -0.1) is 0 Å². The Bertz CT molecular complexity index is 160. The van der Waals surface area contributed by atoms with Crippen LogP contribution in [0.1, 0.15) is 54.4 Å². The fraction of sp³-hybridized carbons (Fsp3) is 0.846. The first-order valence-corrected chi connectivity index (χ1v) is 6.63. The van der Waals surface area contributed by atoms with Gasteiger partial charge in [-0.1, -0.05) is 41.0 Å². The minimum Gasteiger partial charge on any atom is -0.457 e. The average Bonchev–Trinajstić information content (AvgIpc) is 2.42. The van der Waals surface area contributed by atoms with Gasteiger partial charge in [0.15, 0.2) is 5.78 Å². The highest BCUT2D eigenvalue weighted by atomic mass is 16.5. The molecule has 0 aliphatic heterocycles. The predicted molar refractivity (Wildman–Crippen MR) is 77.4 cm³/mol. The molecule has 0 rings (SSSR count). The van der Waals surface area contributed by atoms with Crippen LogP contribution in [0.5, 0.6) is 0 Å². The van der Waals surface area contributed by atoms with Crippen molar-refractivity contribution in [2.75, 3.05) is 19.7 Å². The van der Waals surface area contributed by atoms with Gasteiger partial charge in [-0.25, -0.2) is 0 Å². The monoisotopic (exact) mass is 264 g/mol. The van der Waals surface area contributed by atoms with Crippen LogP contribution in [0.3, 0.4) is 0 Å². The normalized spacial score (nSPS) is 7.33. The van der Waals surface area contributed by atoms with Crippen LogP contribution in [-0.4, -0.2) is 31.4 Å². The summed E-state index contributed by atoms with van der Waals surface area (Å²) in [7, 11) is 0. The standard InChI is InChI=1S/C5H9NO3.C4H11N.2C2H6/c1-4(7)3-9-5(8)2-6;1-2-3-4-5;2*1-2/h2-3,6H2,1H3;2-5H2,1H3;2*1-2H3. The Morgan fingerprint density at radius 2 is 1.50 bits per heavy atom. The summed E-state index contributed by atoms with van der Waals surface area (Å²) in [5, 5.41) is 0. The van der Waals surface area contributed by atoms with Crippen molar-refractivity contribution in [2.24, 2.45) is 11.5 Å². The lowest BCUT2D eigenvalue weighted by molar-refractivity contribution is -0.145. The lowest BCUT2D eigenvalue weighted by Gasteiger charge is -1.96. The molecule has 0 aromatic carbocycles. The van der Waals surface area contributed by atoms with E-state index in [9.17, 15) is 9.59 Å². The zero-order valence-electron chi connectivity index (χ0n) is 12.9. The van der Waals surface area contributed by atoms with Gasteiger partial charge in [-0.3, -0.25) is 9.59 Å². The highest BCUT2D eigenvalue weighted by molar-refractivity contribution is 5.80. The molecule has 0 aliphatic carbocycles. The fourth-order valence-corrected chi connectivity index (χ4v) is 0.445. The highest BCUT2D eigenvalue weighted by Gasteiger charge is 1.98. The molecular weight excluding hydrogens is 232 g/mol. The average molecular weight is 264 g/mol. The number of nitrogens with two attached hydrogens (primary N) is 2. The number of hydrogen-bond donors (Lipinski definition) is 2. The van der Waals surface area contributed by atoms with Crippen LogP contribution in [0.4, 0.5) is 0 Å². The van der Waals surface area contributed by atoms with Gasteiger partial charge in [-0.05, 0) is 19.9 Å². The first-order chi connectivity index (χ1) is 8.58. The SMILES string of the molecule is CC.CC.CC(=O)COC(=O)CN.CCCCN. The molecule has 4 N–H and O–H groups in total. The van der Waals surface area contributed by atoms with Crippen molar-refractivity contribution >= 4 is 11.8 Å².